The maximum Gasteiger partial charge on any atom is 0.0453 e. The molecule has 1 aliphatic heterocycles. The standard InChI is InChI=1S/C15H22Cl2N2/c1-11(2)18-14-6-8-19(10-14)7-5-12-3-4-13(16)9-15(12)17/h3-4,9,11,14,18H,5-8,10H2,1-2H3. The van der Waals surface area contributed by atoms with Crippen LogP contribution in [0.25, 0.3) is 0 Å². The van der Waals surface area contributed by atoms with Crippen LogP contribution in [0.3, 0.4) is 0 Å². The van der Waals surface area contributed by atoms with Crippen LogP contribution in [0.5, 0.6) is 0 Å². The van der Waals surface area contributed by atoms with Crippen LogP contribution >= 0.6 is 23.2 Å². The van der Waals surface area contributed by atoms with Crippen molar-refractivity contribution in [3.63, 3.8) is 0 Å². The van der Waals surface area contributed by atoms with E-state index >= 15 is 0 Å². The molecule has 0 saturated carbocycles. The van der Waals surface area contributed by atoms with Crippen molar-refractivity contribution in [1.29, 1.82) is 0 Å². The van der Waals surface area contributed by atoms with Gasteiger partial charge in [-0.25, -0.2) is 0 Å². The predicted octanol–water partition coefficient (Wildman–Crippen LogP) is 3.61. The van der Waals surface area contributed by atoms with Crippen molar-refractivity contribution in [2.45, 2.75) is 38.8 Å². The van der Waals surface area contributed by atoms with Gasteiger partial charge in [-0.2, -0.15) is 0 Å². The van der Waals surface area contributed by atoms with Crippen molar-refractivity contribution < 1.29 is 0 Å². The highest BCUT2D eigenvalue weighted by Gasteiger charge is 2.22. The van der Waals surface area contributed by atoms with E-state index in [1.54, 1.807) is 0 Å². The molecule has 1 N–H and O–H groups in total. The smallest absolute Gasteiger partial charge is 0.0453 e. The first-order valence-corrected chi connectivity index (χ1v) is 7.72. The zero-order valence-electron chi connectivity index (χ0n) is 11.6. The summed E-state index contributed by atoms with van der Waals surface area (Å²) in [5, 5.41) is 5.09. The maximum absolute atomic E-state index is 6.20. The Balaban J connectivity index is 1.80. The third kappa shape index (κ3) is 4.64. The lowest BCUT2D eigenvalue weighted by molar-refractivity contribution is 0.328. The first-order chi connectivity index (χ1) is 9.04. The van der Waals surface area contributed by atoms with Gasteiger partial charge >= 0.3 is 0 Å². The van der Waals surface area contributed by atoms with Crippen LogP contribution in [-0.4, -0.2) is 36.6 Å². The normalized spacial score (nSPS) is 20.4. The number of nitrogens with one attached hydrogen (secondary N) is 1. The van der Waals surface area contributed by atoms with E-state index in [1.807, 2.05) is 18.2 Å². The minimum Gasteiger partial charge on any atom is -0.310 e. The fourth-order valence-corrected chi connectivity index (χ4v) is 3.15. The van der Waals surface area contributed by atoms with Crippen molar-refractivity contribution in [1.82, 2.24) is 10.2 Å². The summed E-state index contributed by atoms with van der Waals surface area (Å²) in [4.78, 5) is 2.50. The van der Waals surface area contributed by atoms with Gasteiger partial charge in [0.2, 0.25) is 0 Å². The summed E-state index contributed by atoms with van der Waals surface area (Å²) >= 11 is 12.1. The first-order valence-electron chi connectivity index (χ1n) is 6.97. The number of hydrogen-bond acceptors (Lipinski definition) is 2. The molecule has 0 aliphatic carbocycles. The van der Waals surface area contributed by atoms with Gasteiger partial charge in [-0.05, 0) is 37.1 Å². The highest BCUT2D eigenvalue weighted by molar-refractivity contribution is 6.35. The van der Waals surface area contributed by atoms with Gasteiger partial charge in [0.1, 0.15) is 0 Å². The van der Waals surface area contributed by atoms with E-state index in [4.69, 9.17) is 23.2 Å². The number of rotatable bonds is 5. The van der Waals surface area contributed by atoms with Gasteiger partial charge in [0.15, 0.2) is 0 Å². The summed E-state index contributed by atoms with van der Waals surface area (Å²) in [5.41, 5.74) is 1.19. The van der Waals surface area contributed by atoms with E-state index in [0.29, 0.717) is 17.1 Å². The van der Waals surface area contributed by atoms with Crippen molar-refractivity contribution in [3.8, 4) is 0 Å². The lowest BCUT2D eigenvalue weighted by atomic mass is 10.1. The quantitative estimate of drug-likeness (QED) is 0.894. The van der Waals surface area contributed by atoms with Crippen molar-refractivity contribution >= 4 is 23.2 Å². The van der Waals surface area contributed by atoms with E-state index < -0.39 is 0 Å². The van der Waals surface area contributed by atoms with Crippen LogP contribution in [0.2, 0.25) is 10.0 Å². The highest BCUT2D eigenvalue weighted by Crippen LogP contribution is 2.22. The number of benzene rings is 1. The van der Waals surface area contributed by atoms with Gasteiger partial charge in [0, 0.05) is 35.2 Å². The maximum atomic E-state index is 6.20. The van der Waals surface area contributed by atoms with Gasteiger partial charge in [0.05, 0.1) is 0 Å². The number of hydrogen-bond donors (Lipinski definition) is 1. The van der Waals surface area contributed by atoms with Crippen molar-refractivity contribution in [2.75, 3.05) is 19.6 Å². The molecule has 0 radical (unpaired) electrons. The van der Waals surface area contributed by atoms with E-state index in [1.165, 1.54) is 18.5 Å². The van der Waals surface area contributed by atoms with Gasteiger partial charge in [-0.1, -0.05) is 43.1 Å². The molecule has 1 atom stereocenters. The van der Waals surface area contributed by atoms with Crippen LogP contribution in [0.1, 0.15) is 25.8 Å². The third-order valence-corrected chi connectivity index (χ3v) is 4.14. The molecule has 1 unspecified atom stereocenters. The fraction of sp³-hybridized carbons (Fsp3) is 0.600. The zero-order valence-corrected chi connectivity index (χ0v) is 13.1. The highest BCUT2D eigenvalue weighted by atomic mass is 35.5. The molecule has 0 spiro atoms. The van der Waals surface area contributed by atoms with E-state index in [2.05, 4.69) is 24.1 Å². The topological polar surface area (TPSA) is 15.3 Å². The van der Waals surface area contributed by atoms with Crippen LogP contribution in [0, 0.1) is 0 Å². The van der Waals surface area contributed by atoms with Gasteiger partial charge < -0.3 is 10.2 Å². The molecule has 1 aliphatic rings. The Morgan fingerprint density at radius 1 is 1.37 bits per heavy atom. The van der Waals surface area contributed by atoms with Crippen LogP contribution in [0.15, 0.2) is 18.2 Å². The second-order valence-corrected chi connectivity index (χ2v) is 6.44. The minimum atomic E-state index is 0.565. The van der Waals surface area contributed by atoms with Crippen molar-refractivity contribution in [3.05, 3.63) is 33.8 Å². The largest absolute Gasteiger partial charge is 0.310 e. The summed E-state index contributed by atoms with van der Waals surface area (Å²) < 4.78 is 0. The predicted molar refractivity (Wildman–Crippen MR) is 83.3 cm³/mol. The van der Waals surface area contributed by atoms with E-state index in [0.717, 1.165) is 24.5 Å². The molecule has 19 heavy (non-hydrogen) atoms. The molecule has 2 nitrogen and oxygen atoms in total. The minimum absolute atomic E-state index is 0.565. The molecule has 0 aromatic heterocycles. The number of halogens is 2. The Bertz CT molecular complexity index is 421. The molecule has 0 bridgehead atoms. The average molecular weight is 301 g/mol. The van der Waals surface area contributed by atoms with E-state index in [-0.39, 0.29) is 0 Å². The molecule has 1 aromatic carbocycles. The SMILES string of the molecule is CC(C)NC1CCN(CCc2ccc(Cl)cc2Cl)C1. The Kier molecular flexibility index (Phi) is 5.52. The van der Waals surface area contributed by atoms with Crippen LogP contribution < -0.4 is 5.32 Å². The number of likely N-dealkylation sites (tertiary alicyclic amines) is 1. The summed E-state index contributed by atoms with van der Waals surface area (Å²) in [6.45, 7) is 7.79. The summed E-state index contributed by atoms with van der Waals surface area (Å²) in [5.74, 6) is 0. The monoisotopic (exact) mass is 300 g/mol. The van der Waals surface area contributed by atoms with Gasteiger partial charge in [-0.15, -0.1) is 0 Å². The molecule has 2 rings (SSSR count). The zero-order chi connectivity index (χ0) is 13.8. The second-order valence-electron chi connectivity index (χ2n) is 5.59. The van der Waals surface area contributed by atoms with Gasteiger partial charge in [0.25, 0.3) is 0 Å². The summed E-state index contributed by atoms with van der Waals surface area (Å²) in [6, 6.07) is 6.97. The molecular formula is C15H22Cl2N2. The summed E-state index contributed by atoms with van der Waals surface area (Å²) in [6.07, 6.45) is 2.23. The molecular weight excluding hydrogens is 279 g/mol. The molecule has 0 amide bonds. The Morgan fingerprint density at radius 3 is 2.84 bits per heavy atom. The molecule has 1 heterocycles. The molecule has 1 saturated heterocycles. The Labute approximate surface area is 126 Å². The molecule has 1 fully saturated rings. The fourth-order valence-electron chi connectivity index (χ4n) is 2.65. The summed E-state index contributed by atoms with van der Waals surface area (Å²) in [7, 11) is 0. The third-order valence-electron chi connectivity index (χ3n) is 3.55. The lowest BCUT2D eigenvalue weighted by Gasteiger charge is -2.18. The molecule has 4 heteroatoms. The number of nitrogens with zero attached hydrogens (tertiary/aromatic N) is 1. The Morgan fingerprint density at radius 2 is 2.16 bits per heavy atom. The van der Waals surface area contributed by atoms with Crippen LogP contribution in [-0.2, 0) is 6.42 Å². The van der Waals surface area contributed by atoms with Gasteiger partial charge in [-0.3, -0.25) is 0 Å². The second kappa shape index (κ2) is 6.94. The van der Waals surface area contributed by atoms with E-state index in [9.17, 15) is 0 Å². The van der Waals surface area contributed by atoms with Crippen LogP contribution in [0.4, 0.5) is 0 Å². The lowest BCUT2D eigenvalue weighted by Crippen LogP contribution is -2.37. The molecule has 106 valence electrons. The van der Waals surface area contributed by atoms with Crippen molar-refractivity contribution in [2.24, 2.45) is 0 Å². The molecule has 1 aromatic rings. The first kappa shape index (κ1) is 15.1. The Hall–Kier alpha value is -0.280. The average Bonchev–Trinajstić information content (AvgIpc) is 2.74.